The van der Waals surface area contributed by atoms with Gasteiger partial charge < -0.3 is 9.47 Å². The summed E-state index contributed by atoms with van der Waals surface area (Å²) < 4.78 is 9.99. The van der Waals surface area contributed by atoms with E-state index in [1.807, 2.05) is 13.8 Å². The lowest BCUT2D eigenvalue weighted by molar-refractivity contribution is -0.160. The van der Waals surface area contributed by atoms with Crippen LogP contribution >= 0.6 is 0 Å². The Morgan fingerprint density at radius 3 is 1.76 bits per heavy atom. The fraction of sp³-hybridized carbons (Fsp3) is 0.692. The highest BCUT2D eigenvalue weighted by molar-refractivity contribution is 5.98. The quantitative estimate of drug-likeness (QED) is 0.391. The molecule has 0 aliphatic carbocycles. The van der Waals surface area contributed by atoms with Crippen molar-refractivity contribution in [2.75, 3.05) is 13.2 Å². The fourth-order valence-corrected chi connectivity index (χ4v) is 1.21. The standard InChI is InChI=1S/C13H22O4/c1-5-8-16-12(14)11(10(4)7-3)13(15)17-9-6-2/h7,11H,5-6,8-9H2,1-4H3/b10-7-. The molecule has 0 unspecified atom stereocenters. The van der Waals surface area contributed by atoms with Gasteiger partial charge >= 0.3 is 11.9 Å². The fourth-order valence-electron chi connectivity index (χ4n) is 1.21. The van der Waals surface area contributed by atoms with Crippen molar-refractivity contribution in [1.29, 1.82) is 0 Å². The molecule has 17 heavy (non-hydrogen) atoms. The van der Waals surface area contributed by atoms with E-state index >= 15 is 0 Å². The Morgan fingerprint density at radius 1 is 1.06 bits per heavy atom. The van der Waals surface area contributed by atoms with Crippen LogP contribution < -0.4 is 0 Å². The zero-order chi connectivity index (χ0) is 13.3. The van der Waals surface area contributed by atoms with Crippen molar-refractivity contribution in [1.82, 2.24) is 0 Å². The van der Waals surface area contributed by atoms with Gasteiger partial charge in [-0.2, -0.15) is 0 Å². The molecular formula is C13H22O4. The summed E-state index contributed by atoms with van der Waals surface area (Å²) in [5, 5.41) is 0. The van der Waals surface area contributed by atoms with E-state index in [1.54, 1.807) is 19.9 Å². The molecule has 0 aliphatic rings. The van der Waals surface area contributed by atoms with E-state index < -0.39 is 17.9 Å². The first-order valence-electron chi connectivity index (χ1n) is 6.04. The number of carbonyl (C=O) groups excluding carboxylic acids is 2. The lowest BCUT2D eigenvalue weighted by Gasteiger charge is -2.15. The summed E-state index contributed by atoms with van der Waals surface area (Å²) in [6.45, 7) is 7.97. The number of hydrogen-bond acceptors (Lipinski definition) is 4. The molecule has 0 N–H and O–H groups in total. The summed E-state index contributed by atoms with van der Waals surface area (Å²) in [4.78, 5) is 23.5. The van der Waals surface area contributed by atoms with Crippen LogP contribution in [0.2, 0.25) is 0 Å². The number of carbonyl (C=O) groups is 2. The molecule has 0 radical (unpaired) electrons. The van der Waals surface area contributed by atoms with Crippen LogP contribution in [0.15, 0.2) is 11.6 Å². The monoisotopic (exact) mass is 242 g/mol. The molecule has 98 valence electrons. The predicted octanol–water partition coefficient (Wildman–Crippen LogP) is 2.48. The SMILES string of the molecule is C/C=C(/C)C(C(=O)OCCC)C(=O)OCCC. The average Bonchev–Trinajstić information content (AvgIpc) is 2.33. The molecule has 0 spiro atoms. The normalized spacial score (nSPS) is 11.5. The Kier molecular flexibility index (Phi) is 8.11. The van der Waals surface area contributed by atoms with E-state index in [0.717, 1.165) is 12.8 Å². The van der Waals surface area contributed by atoms with Crippen molar-refractivity contribution < 1.29 is 19.1 Å². The van der Waals surface area contributed by atoms with Crippen LogP contribution in [0.1, 0.15) is 40.5 Å². The van der Waals surface area contributed by atoms with E-state index in [-0.39, 0.29) is 0 Å². The molecule has 4 nitrogen and oxygen atoms in total. The van der Waals surface area contributed by atoms with Gasteiger partial charge in [0.15, 0.2) is 5.92 Å². The van der Waals surface area contributed by atoms with Crippen LogP contribution in [0, 0.1) is 5.92 Å². The van der Waals surface area contributed by atoms with Crippen LogP contribution in [-0.2, 0) is 19.1 Å². The topological polar surface area (TPSA) is 52.6 Å². The Hall–Kier alpha value is -1.32. The van der Waals surface area contributed by atoms with Gasteiger partial charge in [0.1, 0.15) is 0 Å². The zero-order valence-corrected chi connectivity index (χ0v) is 11.1. The van der Waals surface area contributed by atoms with Crippen molar-refractivity contribution >= 4 is 11.9 Å². The minimum absolute atomic E-state index is 0.327. The molecule has 0 fully saturated rings. The van der Waals surface area contributed by atoms with Gasteiger partial charge in [-0.25, -0.2) is 0 Å². The van der Waals surface area contributed by atoms with Crippen LogP contribution in [-0.4, -0.2) is 25.2 Å². The molecule has 0 heterocycles. The molecule has 0 aromatic rings. The average molecular weight is 242 g/mol. The lowest BCUT2D eigenvalue weighted by atomic mass is 10.0. The third-order valence-electron chi connectivity index (χ3n) is 2.28. The minimum Gasteiger partial charge on any atom is -0.465 e. The van der Waals surface area contributed by atoms with Gasteiger partial charge in [-0.15, -0.1) is 0 Å². The predicted molar refractivity (Wildman–Crippen MR) is 65.4 cm³/mol. The molecule has 0 aromatic heterocycles. The van der Waals surface area contributed by atoms with Crippen molar-refractivity contribution in [3.63, 3.8) is 0 Å². The number of hydrogen-bond donors (Lipinski definition) is 0. The molecule has 0 bridgehead atoms. The first-order chi connectivity index (χ1) is 8.08. The number of esters is 2. The van der Waals surface area contributed by atoms with Gasteiger partial charge in [0.05, 0.1) is 13.2 Å². The smallest absolute Gasteiger partial charge is 0.324 e. The molecular weight excluding hydrogens is 220 g/mol. The van der Waals surface area contributed by atoms with Crippen LogP contribution in [0.4, 0.5) is 0 Å². The van der Waals surface area contributed by atoms with E-state index in [9.17, 15) is 9.59 Å². The van der Waals surface area contributed by atoms with Crippen LogP contribution in [0.3, 0.4) is 0 Å². The Bertz CT molecular complexity index is 261. The number of allylic oxidation sites excluding steroid dienone is 1. The lowest BCUT2D eigenvalue weighted by Crippen LogP contribution is -2.29. The Balaban J connectivity index is 4.64. The van der Waals surface area contributed by atoms with E-state index in [4.69, 9.17) is 9.47 Å². The first-order valence-corrected chi connectivity index (χ1v) is 6.04. The van der Waals surface area contributed by atoms with Gasteiger partial charge in [-0.05, 0) is 26.7 Å². The maximum Gasteiger partial charge on any atom is 0.324 e. The second-order valence-electron chi connectivity index (χ2n) is 3.80. The van der Waals surface area contributed by atoms with Gasteiger partial charge in [0.2, 0.25) is 0 Å². The molecule has 4 heteroatoms. The largest absolute Gasteiger partial charge is 0.465 e. The number of rotatable bonds is 7. The summed E-state index contributed by atoms with van der Waals surface area (Å²) in [6.07, 6.45) is 3.19. The minimum atomic E-state index is -0.918. The Morgan fingerprint density at radius 2 is 1.47 bits per heavy atom. The van der Waals surface area contributed by atoms with E-state index in [1.165, 1.54) is 0 Å². The molecule has 0 aromatic carbocycles. The second-order valence-corrected chi connectivity index (χ2v) is 3.80. The van der Waals surface area contributed by atoms with E-state index in [2.05, 4.69) is 0 Å². The molecule has 0 atom stereocenters. The first kappa shape index (κ1) is 15.7. The van der Waals surface area contributed by atoms with Gasteiger partial charge in [0, 0.05) is 0 Å². The highest BCUT2D eigenvalue weighted by Crippen LogP contribution is 2.15. The van der Waals surface area contributed by atoms with Crippen LogP contribution in [0.25, 0.3) is 0 Å². The van der Waals surface area contributed by atoms with Crippen molar-refractivity contribution in [3.8, 4) is 0 Å². The highest BCUT2D eigenvalue weighted by atomic mass is 16.6. The summed E-state index contributed by atoms with van der Waals surface area (Å²) in [5.41, 5.74) is 0.659. The third kappa shape index (κ3) is 5.52. The maximum atomic E-state index is 11.7. The number of ether oxygens (including phenoxy) is 2. The summed E-state index contributed by atoms with van der Waals surface area (Å²) >= 11 is 0. The molecule has 0 amide bonds. The Labute approximate surface area is 103 Å². The summed E-state index contributed by atoms with van der Waals surface area (Å²) in [5.74, 6) is -1.97. The second kappa shape index (κ2) is 8.79. The maximum absolute atomic E-state index is 11.7. The highest BCUT2D eigenvalue weighted by Gasteiger charge is 2.30. The van der Waals surface area contributed by atoms with Crippen LogP contribution in [0.5, 0.6) is 0 Å². The summed E-state index contributed by atoms with van der Waals surface area (Å²) in [6, 6.07) is 0. The third-order valence-corrected chi connectivity index (χ3v) is 2.28. The van der Waals surface area contributed by atoms with Gasteiger partial charge in [0.25, 0.3) is 0 Å². The molecule has 0 saturated carbocycles. The van der Waals surface area contributed by atoms with Gasteiger partial charge in [-0.3, -0.25) is 9.59 Å². The van der Waals surface area contributed by atoms with E-state index in [0.29, 0.717) is 18.8 Å². The summed E-state index contributed by atoms with van der Waals surface area (Å²) in [7, 11) is 0. The zero-order valence-electron chi connectivity index (χ0n) is 11.1. The molecule has 0 saturated heterocycles. The molecule has 0 rings (SSSR count). The van der Waals surface area contributed by atoms with Gasteiger partial charge in [-0.1, -0.05) is 25.5 Å². The van der Waals surface area contributed by atoms with Crippen molar-refractivity contribution in [2.45, 2.75) is 40.5 Å². The van der Waals surface area contributed by atoms with Crippen molar-refractivity contribution in [3.05, 3.63) is 11.6 Å². The van der Waals surface area contributed by atoms with Crippen molar-refractivity contribution in [2.24, 2.45) is 5.92 Å². The molecule has 0 aliphatic heterocycles.